The van der Waals surface area contributed by atoms with Crippen LogP contribution in [0.1, 0.15) is 29.5 Å². The molecule has 1 aromatic heterocycles. The van der Waals surface area contributed by atoms with Gasteiger partial charge in [-0.05, 0) is 48.6 Å². The molecule has 0 aliphatic rings. The molecule has 0 aliphatic heterocycles. The van der Waals surface area contributed by atoms with E-state index in [0.29, 0.717) is 12.2 Å². The number of anilines is 1. The molecule has 150 valence electrons. The minimum Gasteiger partial charge on any atom is -0.459 e. The molecular weight excluding hydrogens is 378 g/mol. The molecule has 3 N–H and O–H groups in total. The second kappa shape index (κ2) is 11.2. The van der Waals surface area contributed by atoms with Crippen LogP contribution in [0.4, 0.5) is 5.69 Å². The molecule has 1 unspecified atom stereocenters. The standard InChI is InChI=1S/C20H25N3O4S/c1-3-14-7-4-5-8-15(14)22-18(24)13-21-19(25)16(10-12-28-2)23-20(26)17-9-6-11-27-17/h4-9,11,16H,3,10,12-13H2,1-2H3,(H,21,25)(H,22,24)(H,23,26). The number of thioether (sulfide) groups is 1. The molecule has 0 saturated carbocycles. The smallest absolute Gasteiger partial charge is 0.287 e. The van der Waals surface area contributed by atoms with Crippen LogP contribution in [0.2, 0.25) is 0 Å². The van der Waals surface area contributed by atoms with Gasteiger partial charge in [0.05, 0.1) is 12.8 Å². The van der Waals surface area contributed by atoms with Crippen LogP contribution in [0.15, 0.2) is 47.1 Å². The Bertz CT molecular complexity index is 793. The van der Waals surface area contributed by atoms with Crippen LogP contribution in [0.5, 0.6) is 0 Å². The van der Waals surface area contributed by atoms with E-state index in [0.717, 1.165) is 17.7 Å². The molecule has 0 fully saturated rings. The van der Waals surface area contributed by atoms with Crippen molar-refractivity contribution in [2.75, 3.05) is 23.9 Å². The first kappa shape index (κ1) is 21.6. The van der Waals surface area contributed by atoms with E-state index in [2.05, 4.69) is 16.0 Å². The van der Waals surface area contributed by atoms with Crippen molar-refractivity contribution in [3.63, 3.8) is 0 Å². The predicted octanol–water partition coefficient (Wildman–Crippen LogP) is 2.45. The molecule has 0 spiro atoms. The Balaban J connectivity index is 1.91. The highest BCUT2D eigenvalue weighted by Crippen LogP contribution is 2.15. The highest BCUT2D eigenvalue weighted by Gasteiger charge is 2.22. The maximum atomic E-state index is 12.5. The maximum absolute atomic E-state index is 12.5. The van der Waals surface area contributed by atoms with Crippen molar-refractivity contribution in [2.24, 2.45) is 0 Å². The van der Waals surface area contributed by atoms with Gasteiger partial charge in [-0.1, -0.05) is 25.1 Å². The Morgan fingerprint density at radius 2 is 1.93 bits per heavy atom. The number of amides is 3. The number of rotatable bonds is 10. The molecule has 0 saturated heterocycles. The van der Waals surface area contributed by atoms with Gasteiger partial charge in [0.25, 0.3) is 5.91 Å². The van der Waals surface area contributed by atoms with Crippen LogP contribution in [0.3, 0.4) is 0 Å². The average Bonchev–Trinajstić information content (AvgIpc) is 3.24. The first-order valence-electron chi connectivity index (χ1n) is 9.04. The van der Waals surface area contributed by atoms with Crippen molar-refractivity contribution < 1.29 is 18.8 Å². The Morgan fingerprint density at radius 3 is 2.61 bits per heavy atom. The summed E-state index contributed by atoms with van der Waals surface area (Å²) in [5.41, 5.74) is 1.75. The Kier molecular flexibility index (Phi) is 8.61. The SMILES string of the molecule is CCc1ccccc1NC(=O)CNC(=O)C(CCSC)NC(=O)c1ccco1. The molecule has 0 aliphatic carbocycles. The van der Waals surface area contributed by atoms with E-state index >= 15 is 0 Å². The van der Waals surface area contributed by atoms with Crippen LogP contribution in [-0.4, -0.2) is 42.3 Å². The quantitative estimate of drug-likeness (QED) is 0.566. The first-order chi connectivity index (χ1) is 13.5. The van der Waals surface area contributed by atoms with Gasteiger partial charge in [-0.25, -0.2) is 0 Å². The third-order valence-corrected chi connectivity index (χ3v) is 4.72. The lowest BCUT2D eigenvalue weighted by molar-refractivity contribution is -0.125. The van der Waals surface area contributed by atoms with Gasteiger partial charge < -0.3 is 20.4 Å². The highest BCUT2D eigenvalue weighted by molar-refractivity contribution is 7.98. The summed E-state index contributed by atoms with van der Waals surface area (Å²) in [5.74, 6) is -0.376. The summed E-state index contributed by atoms with van der Waals surface area (Å²) < 4.78 is 5.05. The molecule has 2 rings (SSSR count). The van der Waals surface area contributed by atoms with Gasteiger partial charge in [0, 0.05) is 5.69 Å². The number of aryl methyl sites for hydroxylation is 1. The zero-order valence-electron chi connectivity index (χ0n) is 16.0. The molecule has 1 aromatic carbocycles. The molecule has 1 atom stereocenters. The van der Waals surface area contributed by atoms with Gasteiger partial charge in [0.15, 0.2) is 5.76 Å². The van der Waals surface area contributed by atoms with Gasteiger partial charge in [0.2, 0.25) is 11.8 Å². The summed E-state index contributed by atoms with van der Waals surface area (Å²) in [4.78, 5) is 36.8. The van der Waals surface area contributed by atoms with Crippen molar-refractivity contribution in [1.82, 2.24) is 10.6 Å². The van der Waals surface area contributed by atoms with Gasteiger partial charge in [-0.2, -0.15) is 11.8 Å². The number of carbonyl (C=O) groups is 3. The predicted molar refractivity (Wildman–Crippen MR) is 110 cm³/mol. The van der Waals surface area contributed by atoms with Crippen LogP contribution in [0, 0.1) is 0 Å². The second-order valence-corrected chi connectivity index (χ2v) is 7.05. The Hall–Kier alpha value is -2.74. The van der Waals surface area contributed by atoms with Crippen molar-refractivity contribution >= 4 is 35.2 Å². The third kappa shape index (κ3) is 6.45. The molecule has 28 heavy (non-hydrogen) atoms. The summed E-state index contributed by atoms with van der Waals surface area (Å²) in [6.07, 6.45) is 4.55. The van der Waals surface area contributed by atoms with E-state index in [1.165, 1.54) is 12.3 Å². The van der Waals surface area contributed by atoms with Gasteiger partial charge >= 0.3 is 0 Å². The molecular formula is C20H25N3O4S. The highest BCUT2D eigenvalue weighted by atomic mass is 32.2. The summed E-state index contributed by atoms with van der Waals surface area (Å²) in [6.45, 7) is 1.83. The number of furan rings is 1. The van der Waals surface area contributed by atoms with E-state index in [-0.39, 0.29) is 18.2 Å². The Morgan fingerprint density at radius 1 is 1.14 bits per heavy atom. The maximum Gasteiger partial charge on any atom is 0.287 e. The normalized spacial score (nSPS) is 11.5. The van der Waals surface area contributed by atoms with E-state index in [1.54, 1.807) is 17.8 Å². The summed E-state index contributed by atoms with van der Waals surface area (Å²) >= 11 is 1.57. The van der Waals surface area contributed by atoms with Crippen LogP contribution in [0.25, 0.3) is 0 Å². The molecule has 0 bridgehead atoms. The largest absolute Gasteiger partial charge is 0.459 e. The van der Waals surface area contributed by atoms with E-state index < -0.39 is 17.9 Å². The van der Waals surface area contributed by atoms with Crippen LogP contribution in [-0.2, 0) is 16.0 Å². The molecule has 1 heterocycles. The fraction of sp³-hybridized carbons (Fsp3) is 0.350. The molecule has 0 radical (unpaired) electrons. The lowest BCUT2D eigenvalue weighted by Gasteiger charge is -2.17. The number of para-hydroxylation sites is 1. The summed E-state index contributed by atoms with van der Waals surface area (Å²) in [7, 11) is 0. The third-order valence-electron chi connectivity index (χ3n) is 4.07. The number of nitrogens with one attached hydrogen (secondary N) is 3. The summed E-state index contributed by atoms with van der Waals surface area (Å²) in [5, 5.41) is 8.05. The van der Waals surface area contributed by atoms with Gasteiger partial charge in [-0.3, -0.25) is 14.4 Å². The van der Waals surface area contributed by atoms with Crippen molar-refractivity contribution in [2.45, 2.75) is 25.8 Å². The first-order valence-corrected chi connectivity index (χ1v) is 10.4. The monoisotopic (exact) mass is 403 g/mol. The van der Waals surface area contributed by atoms with Crippen LogP contribution < -0.4 is 16.0 Å². The Labute approximate surface area is 168 Å². The van der Waals surface area contributed by atoms with Gasteiger partial charge in [0.1, 0.15) is 6.04 Å². The fourth-order valence-corrected chi connectivity index (χ4v) is 3.05. The minimum atomic E-state index is -0.749. The lowest BCUT2D eigenvalue weighted by atomic mass is 10.1. The average molecular weight is 404 g/mol. The van der Waals surface area contributed by atoms with E-state index in [9.17, 15) is 14.4 Å². The number of hydrogen-bond donors (Lipinski definition) is 3. The molecule has 7 nitrogen and oxygen atoms in total. The number of carbonyl (C=O) groups excluding carboxylic acids is 3. The zero-order chi connectivity index (χ0) is 20.4. The van der Waals surface area contributed by atoms with Gasteiger partial charge in [-0.15, -0.1) is 0 Å². The number of benzene rings is 1. The molecule has 8 heteroatoms. The second-order valence-electron chi connectivity index (χ2n) is 6.06. The lowest BCUT2D eigenvalue weighted by Crippen LogP contribution is -2.48. The van der Waals surface area contributed by atoms with Crippen molar-refractivity contribution in [3.8, 4) is 0 Å². The van der Waals surface area contributed by atoms with Crippen molar-refractivity contribution in [3.05, 3.63) is 54.0 Å². The minimum absolute atomic E-state index is 0.135. The molecule has 2 aromatic rings. The van der Waals surface area contributed by atoms with E-state index in [1.807, 2.05) is 37.4 Å². The van der Waals surface area contributed by atoms with Crippen molar-refractivity contribution in [1.29, 1.82) is 0 Å². The number of hydrogen-bond acceptors (Lipinski definition) is 5. The van der Waals surface area contributed by atoms with Crippen LogP contribution >= 0.6 is 11.8 Å². The topological polar surface area (TPSA) is 100 Å². The fourth-order valence-electron chi connectivity index (χ4n) is 2.58. The van der Waals surface area contributed by atoms with E-state index in [4.69, 9.17) is 4.42 Å². The molecule has 3 amide bonds. The zero-order valence-corrected chi connectivity index (χ0v) is 16.8. The summed E-state index contributed by atoms with van der Waals surface area (Å²) in [6, 6.07) is 9.90.